The molecular formula is C31H43F2N3O6S. The van der Waals surface area contributed by atoms with E-state index in [9.17, 15) is 31.9 Å². The summed E-state index contributed by atoms with van der Waals surface area (Å²) in [4.78, 5) is 26.4. The van der Waals surface area contributed by atoms with Crippen molar-refractivity contribution in [3.05, 3.63) is 71.3 Å². The Hall–Kier alpha value is -3.09. The smallest absolute Gasteiger partial charge is 0.408 e. The van der Waals surface area contributed by atoms with Crippen molar-refractivity contribution < 1.29 is 36.6 Å². The summed E-state index contributed by atoms with van der Waals surface area (Å²) in [6.07, 6.45) is 1.66. The molecule has 2 aromatic rings. The number of ether oxygens (including phenoxy) is 1. The number of alkyl carbamates (subject to hydrolysis) is 1. The van der Waals surface area contributed by atoms with Crippen LogP contribution >= 0.6 is 0 Å². The van der Waals surface area contributed by atoms with E-state index in [1.165, 1.54) is 0 Å². The van der Waals surface area contributed by atoms with Gasteiger partial charge in [-0.05, 0) is 55.4 Å². The second-order valence-electron chi connectivity index (χ2n) is 11.1. The highest BCUT2D eigenvalue weighted by atomic mass is 32.2. The average molecular weight is 624 g/mol. The summed E-state index contributed by atoms with van der Waals surface area (Å²) >= 11 is 0. The van der Waals surface area contributed by atoms with Crippen LogP contribution in [-0.2, 0) is 32.4 Å². The van der Waals surface area contributed by atoms with Gasteiger partial charge in [0.15, 0.2) is 9.84 Å². The van der Waals surface area contributed by atoms with E-state index in [2.05, 4.69) is 16.0 Å². The van der Waals surface area contributed by atoms with E-state index in [1.54, 1.807) is 30.3 Å². The van der Waals surface area contributed by atoms with Gasteiger partial charge in [-0.1, -0.05) is 57.0 Å². The van der Waals surface area contributed by atoms with Gasteiger partial charge in [0.2, 0.25) is 5.91 Å². The van der Waals surface area contributed by atoms with Gasteiger partial charge >= 0.3 is 6.09 Å². The Morgan fingerprint density at radius 1 is 0.977 bits per heavy atom. The van der Waals surface area contributed by atoms with E-state index in [-0.39, 0.29) is 31.2 Å². The van der Waals surface area contributed by atoms with Crippen LogP contribution in [0.2, 0.25) is 0 Å². The number of sulfone groups is 1. The maximum absolute atomic E-state index is 13.9. The number of carbonyl (C=O) groups is 2. The molecule has 0 bridgehead atoms. The fourth-order valence-corrected chi connectivity index (χ4v) is 7.03. The number of amides is 2. The lowest BCUT2D eigenvalue weighted by Crippen LogP contribution is -2.57. The van der Waals surface area contributed by atoms with E-state index < -0.39 is 62.7 Å². The number of benzene rings is 2. The van der Waals surface area contributed by atoms with Crippen molar-refractivity contribution >= 4 is 21.8 Å². The van der Waals surface area contributed by atoms with Gasteiger partial charge in [-0.2, -0.15) is 0 Å². The van der Waals surface area contributed by atoms with Crippen LogP contribution in [0.1, 0.15) is 63.5 Å². The zero-order valence-electron chi connectivity index (χ0n) is 24.7. The maximum atomic E-state index is 13.9. The quantitative estimate of drug-likeness (QED) is 0.199. The third kappa shape index (κ3) is 11.8. The number of halogens is 2. The molecule has 4 N–H and O–H groups in total. The minimum Gasteiger partial charge on any atom is -0.445 e. The van der Waals surface area contributed by atoms with Crippen molar-refractivity contribution in [2.24, 2.45) is 0 Å². The molecule has 12 heteroatoms. The van der Waals surface area contributed by atoms with Crippen LogP contribution in [0.15, 0.2) is 48.5 Å². The van der Waals surface area contributed by atoms with Crippen molar-refractivity contribution in [2.45, 2.75) is 94.9 Å². The van der Waals surface area contributed by atoms with Crippen molar-refractivity contribution in [2.75, 3.05) is 12.3 Å². The fourth-order valence-electron chi connectivity index (χ4n) is 4.87. The Balaban J connectivity index is 1.82. The number of carbonyl (C=O) groups excluding carboxylic acids is 2. The van der Waals surface area contributed by atoms with E-state index in [4.69, 9.17) is 4.74 Å². The third-order valence-electron chi connectivity index (χ3n) is 7.31. The van der Waals surface area contributed by atoms with Gasteiger partial charge in [-0.25, -0.2) is 22.0 Å². The minimum atomic E-state index is -3.85. The van der Waals surface area contributed by atoms with Crippen LogP contribution in [-0.4, -0.2) is 67.3 Å². The first-order chi connectivity index (χ1) is 20.5. The van der Waals surface area contributed by atoms with Crippen molar-refractivity contribution in [3.63, 3.8) is 0 Å². The van der Waals surface area contributed by atoms with Crippen LogP contribution in [0, 0.1) is 11.6 Å². The summed E-state index contributed by atoms with van der Waals surface area (Å²) in [6, 6.07) is 9.43. The molecule has 0 aliphatic heterocycles. The Kier molecular flexibility index (Phi) is 13.3. The molecule has 3 rings (SSSR count). The minimum absolute atomic E-state index is 0.0952. The average Bonchev–Trinajstić information content (AvgIpc) is 3.78. The molecule has 0 aromatic heterocycles. The van der Waals surface area contributed by atoms with E-state index in [0.29, 0.717) is 31.2 Å². The lowest BCUT2D eigenvalue weighted by atomic mass is 10.00. The van der Waals surface area contributed by atoms with Gasteiger partial charge in [0.25, 0.3) is 0 Å². The predicted molar refractivity (Wildman–Crippen MR) is 160 cm³/mol. The van der Waals surface area contributed by atoms with Crippen LogP contribution < -0.4 is 16.0 Å². The second kappa shape index (κ2) is 16.7. The first kappa shape index (κ1) is 34.4. The van der Waals surface area contributed by atoms with E-state index in [0.717, 1.165) is 31.0 Å². The molecule has 0 unspecified atom stereocenters. The SMILES string of the molecule is CCCC(CCC)S(=O)(=O)C[C@H](NC(=O)OCc1ccccc1)C(=O)N[C@@H](Cc1cc(F)cc(F)c1)[C@H](O)CNC1CC1. The van der Waals surface area contributed by atoms with Gasteiger partial charge in [-0.3, -0.25) is 4.79 Å². The normalized spacial score (nSPS) is 15.5. The molecular weight excluding hydrogens is 580 g/mol. The topological polar surface area (TPSA) is 134 Å². The number of hydrogen-bond donors (Lipinski definition) is 4. The summed E-state index contributed by atoms with van der Waals surface area (Å²) in [5.41, 5.74) is 0.893. The van der Waals surface area contributed by atoms with Crippen LogP contribution in [0.25, 0.3) is 0 Å². The highest BCUT2D eigenvalue weighted by Crippen LogP contribution is 2.20. The monoisotopic (exact) mass is 623 g/mol. The largest absolute Gasteiger partial charge is 0.445 e. The molecule has 0 heterocycles. The Morgan fingerprint density at radius 3 is 2.19 bits per heavy atom. The summed E-state index contributed by atoms with van der Waals surface area (Å²) in [7, 11) is -3.85. The van der Waals surface area contributed by atoms with Gasteiger partial charge < -0.3 is 25.8 Å². The predicted octanol–water partition coefficient (Wildman–Crippen LogP) is 3.78. The van der Waals surface area contributed by atoms with Crippen molar-refractivity contribution in [1.29, 1.82) is 0 Å². The van der Waals surface area contributed by atoms with Crippen LogP contribution in [0.3, 0.4) is 0 Å². The van der Waals surface area contributed by atoms with Gasteiger partial charge in [0, 0.05) is 18.7 Å². The van der Waals surface area contributed by atoms with Crippen LogP contribution in [0.5, 0.6) is 0 Å². The fraction of sp³-hybridized carbons (Fsp3) is 0.548. The van der Waals surface area contributed by atoms with E-state index in [1.807, 2.05) is 13.8 Å². The third-order valence-corrected chi connectivity index (χ3v) is 9.60. The number of hydrogen-bond acceptors (Lipinski definition) is 7. The number of nitrogens with one attached hydrogen (secondary N) is 3. The van der Waals surface area contributed by atoms with Gasteiger partial charge in [0.1, 0.15) is 24.3 Å². The number of aliphatic hydroxyl groups is 1. The van der Waals surface area contributed by atoms with Crippen molar-refractivity contribution in [3.8, 4) is 0 Å². The maximum Gasteiger partial charge on any atom is 0.408 e. The van der Waals surface area contributed by atoms with Gasteiger partial charge in [0.05, 0.1) is 23.1 Å². The molecule has 2 aromatic carbocycles. The van der Waals surface area contributed by atoms with Gasteiger partial charge in [-0.15, -0.1) is 0 Å². The lowest BCUT2D eigenvalue weighted by molar-refractivity contribution is -0.124. The number of rotatable bonds is 18. The highest BCUT2D eigenvalue weighted by molar-refractivity contribution is 7.92. The molecule has 1 fully saturated rings. The molecule has 1 aliphatic rings. The first-order valence-electron chi connectivity index (χ1n) is 14.9. The first-order valence-corrected chi connectivity index (χ1v) is 16.6. The summed E-state index contributed by atoms with van der Waals surface area (Å²) in [5.74, 6) is -3.16. The molecule has 0 spiro atoms. The molecule has 0 radical (unpaired) electrons. The zero-order valence-corrected chi connectivity index (χ0v) is 25.5. The molecule has 1 saturated carbocycles. The molecule has 0 saturated heterocycles. The molecule has 2 amide bonds. The summed E-state index contributed by atoms with van der Waals surface area (Å²) in [5, 5.41) is 18.5. The summed E-state index contributed by atoms with van der Waals surface area (Å²) < 4.78 is 60.0. The highest BCUT2D eigenvalue weighted by Gasteiger charge is 2.35. The Morgan fingerprint density at radius 2 is 1.60 bits per heavy atom. The standard InChI is InChI=1S/C31H43F2N3O6S/c1-3-8-26(9-4-2)43(40,41)20-28(36-31(39)42-19-21-10-6-5-7-11-21)30(38)35-27(29(37)18-34-25-12-13-25)16-22-14-23(32)17-24(33)15-22/h5-7,10-11,14-15,17,25-29,34,37H,3-4,8-9,12-13,16,18-20H2,1-2H3,(H,35,38)(H,36,39)/t27-,28-,29+/m0/s1. The molecule has 9 nitrogen and oxygen atoms in total. The zero-order chi connectivity index (χ0) is 31.4. The molecule has 238 valence electrons. The lowest BCUT2D eigenvalue weighted by Gasteiger charge is -2.28. The molecule has 1 aliphatic carbocycles. The van der Waals surface area contributed by atoms with Crippen LogP contribution in [0.4, 0.5) is 13.6 Å². The Bertz CT molecular complexity index is 1270. The number of aliphatic hydroxyl groups excluding tert-OH is 1. The second-order valence-corrected chi connectivity index (χ2v) is 13.5. The van der Waals surface area contributed by atoms with Crippen molar-refractivity contribution in [1.82, 2.24) is 16.0 Å². The Labute approximate surface area is 252 Å². The summed E-state index contributed by atoms with van der Waals surface area (Å²) in [6.45, 7) is 3.75. The van der Waals surface area contributed by atoms with E-state index >= 15 is 0 Å². The molecule has 3 atom stereocenters. The molecule has 43 heavy (non-hydrogen) atoms.